The Balaban J connectivity index is 0.000000395. The van der Waals surface area contributed by atoms with Crippen molar-refractivity contribution in [2.75, 3.05) is 40.6 Å². The largest absolute Gasteiger partial charge is 0.379 e. The zero-order valence-corrected chi connectivity index (χ0v) is 34.5. The standard InChI is InChI=1S/C29H37N3O3S2.C14H19NS/c1-4-8-25(11-13-28-9-6-19-36-28)15-17-31(3)23-35-27(21-33-5-2)22-34-24-32-18-16-26(30-32)12-14-29-10-7-20-37-29;1-4-12(2)7-8-13(15-3)9-10-14-6-5-11-16-14/h6-20,27H,4-5,21-24H2,1-3H3;5-12H,4H2,1-3H3/b13-11+,14-12+,17-15-,25-8+;8-7-,10-9+,15-13?. The van der Waals surface area contributed by atoms with Gasteiger partial charge in [-0.15, -0.1) is 34.0 Å². The molecule has 10 heteroatoms. The number of aromatic nitrogens is 2. The molecule has 4 heterocycles. The van der Waals surface area contributed by atoms with Gasteiger partial charge >= 0.3 is 0 Å². The zero-order valence-electron chi connectivity index (χ0n) is 32.0. The Labute approximate surface area is 329 Å². The van der Waals surface area contributed by atoms with Crippen molar-refractivity contribution in [1.82, 2.24) is 14.7 Å². The molecule has 0 aliphatic rings. The normalized spacial score (nSPS) is 13.9. The van der Waals surface area contributed by atoms with Crippen LogP contribution in [0.5, 0.6) is 0 Å². The molecule has 2 unspecified atom stereocenters. The fourth-order valence-electron chi connectivity index (χ4n) is 4.39. The molecule has 7 nitrogen and oxygen atoms in total. The van der Waals surface area contributed by atoms with Gasteiger partial charge in [0, 0.05) is 47.7 Å². The summed E-state index contributed by atoms with van der Waals surface area (Å²) in [4.78, 5) is 9.96. The van der Waals surface area contributed by atoms with Crippen molar-refractivity contribution in [3.8, 4) is 0 Å². The topological polar surface area (TPSA) is 61.1 Å². The minimum Gasteiger partial charge on any atom is -0.379 e. The molecule has 0 amide bonds. The van der Waals surface area contributed by atoms with Crippen LogP contribution in [0.15, 0.2) is 118 Å². The molecule has 284 valence electrons. The van der Waals surface area contributed by atoms with Gasteiger partial charge in [-0.1, -0.05) is 63.6 Å². The van der Waals surface area contributed by atoms with Crippen molar-refractivity contribution < 1.29 is 14.2 Å². The molecule has 0 fully saturated rings. The van der Waals surface area contributed by atoms with Crippen LogP contribution in [-0.2, 0) is 20.9 Å². The highest BCUT2D eigenvalue weighted by Crippen LogP contribution is 2.15. The fourth-order valence-corrected chi connectivity index (χ4v) is 6.25. The molecule has 53 heavy (non-hydrogen) atoms. The number of hydrogen-bond acceptors (Lipinski definition) is 9. The van der Waals surface area contributed by atoms with Gasteiger partial charge in [-0.3, -0.25) is 4.99 Å². The van der Waals surface area contributed by atoms with Gasteiger partial charge in [-0.25, -0.2) is 4.68 Å². The maximum absolute atomic E-state index is 6.09. The van der Waals surface area contributed by atoms with E-state index < -0.39 is 0 Å². The van der Waals surface area contributed by atoms with Crippen LogP contribution >= 0.6 is 34.0 Å². The molecular formula is C43H56N4O3S3. The van der Waals surface area contributed by atoms with E-state index in [4.69, 9.17) is 14.2 Å². The van der Waals surface area contributed by atoms with Gasteiger partial charge in [0.2, 0.25) is 0 Å². The first kappa shape index (κ1) is 43.5. The quantitative estimate of drug-likeness (QED) is 0.0452. The molecule has 0 aliphatic heterocycles. The van der Waals surface area contributed by atoms with Crippen molar-refractivity contribution in [3.05, 3.63) is 133 Å². The summed E-state index contributed by atoms with van der Waals surface area (Å²) in [6.45, 7) is 10.9. The summed E-state index contributed by atoms with van der Waals surface area (Å²) in [5.74, 6) is 0.617. The number of thiophene rings is 3. The van der Waals surface area contributed by atoms with Crippen LogP contribution in [0, 0.1) is 5.92 Å². The highest BCUT2D eigenvalue weighted by molar-refractivity contribution is 7.11. The van der Waals surface area contributed by atoms with Crippen LogP contribution in [0.25, 0.3) is 24.3 Å². The molecule has 0 N–H and O–H groups in total. The van der Waals surface area contributed by atoms with E-state index in [2.05, 4.69) is 132 Å². The third-order valence-corrected chi connectivity index (χ3v) is 10.1. The maximum atomic E-state index is 6.09. The Morgan fingerprint density at radius 3 is 2.11 bits per heavy atom. The van der Waals surface area contributed by atoms with E-state index in [0.717, 1.165) is 17.8 Å². The van der Waals surface area contributed by atoms with Crippen molar-refractivity contribution in [2.24, 2.45) is 10.9 Å². The lowest BCUT2D eigenvalue weighted by atomic mass is 10.1. The summed E-state index contributed by atoms with van der Waals surface area (Å²) in [7, 11) is 3.83. The zero-order chi connectivity index (χ0) is 37.9. The van der Waals surface area contributed by atoms with Crippen LogP contribution < -0.4 is 0 Å². The average molecular weight is 773 g/mol. The first-order valence-corrected chi connectivity index (χ1v) is 20.7. The molecule has 4 aromatic rings. The van der Waals surface area contributed by atoms with Gasteiger partial charge in [0.1, 0.15) is 19.6 Å². The molecule has 0 bridgehead atoms. The molecular weight excluding hydrogens is 717 g/mol. The van der Waals surface area contributed by atoms with Gasteiger partial charge in [-0.05, 0) is 108 Å². The molecule has 0 aliphatic carbocycles. The third-order valence-electron chi connectivity index (χ3n) is 7.58. The molecule has 0 spiro atoms. The van der Waals surface area contributed by atoms with Crippen molar-refractivity contribution in [3.63, 3.8) is 0 Å². The van der Waals surface area contributed by atoms with Crippen LogP contribution in [0.4, 0.5) is 0 Å². The van der Waals surface area contributed by atoms with Gasteiger partial charge in [0.05, 0.1) is 24.6 Å². The van der Waals surface area contributed by atoms with Crippen LogP contribution in [-0.4, -0.2) is 67.1 Å². The summed E-state index contributed by atoms with van der Waals surface area (Å²) < 4.78 is 19.4. The molecule has 0 saturated carbocycles. The lowest BCUT2D eigenvalue weighted by molar-refractivity contribution is -0.0898. The van der Waals surface area contributed by atoms with Crippen molar-refractivity contribution in [1.29, 1.82) is 0 Å². The molecule has 0 radical (unpaired) electrons. The maximum Gasteiger partial charge on any atom is 0.139 e. The van der Waals surface area contributed by atoms with Crippen LogP contribution in [0.2, 0.25) is 0 Å². The highest BCUT2D eigenvalue weighted by atomic mass is 32.1. The van der Waals surface area contributed by atoms with E-state index in [1.54, 1.807) is 38.7 Å². The first-order valence-electron chi connectivity index (χ1n) is 18.1. The number of hydrogen-bond donors (Lipinski definition) is 0. The molecule has 0 aromatic carbocycles. The van der Waals surface area contributed by atoms with E-state index in [1.807, 2.05) is 56.5 Å². The molecule has 4 rings (SSSR count). The summed E-state index contributed by atoms with van der Waals surface area (Å²) in [6.07, 6.45) is 27.1. The minimum atomic E-state index is -0.172. The highest BCUT2D eigenvalue weighted by Gasteiger charge is 2.11. The number of ether oxygens (including phenoxy) is 3. The number of aliphatic imine (C=N–C) groups is 1. The number of rotatable bonds is 22. The number of allylic oxidation sites excluding steroid dienone is 7. The van der Waals surface area contributed by atoms with E-state index in [9.17, 15) is 0 Å². The monoisotopic (exact) mass is 772 g/mol. The first-order chi connectivity index (χ1) is 25.9. The van der Waals surface area contributed by atoms with Crippen LogP contribution in [0.3, 0.4) is 0 Å². The summed E-state index contributed by atoms with van der Waals surface area (Å²) >= 11 is 5.17. The van der Waals surface area contributed by atoms with Crippen molar-refractivity contribution >= 4 is 64.0 Å². The Morgan fingerprint density at radius 2 is 1.51 bits per heavy atom. The summed E-state index contributed by atoms with van der Waals surface area (Å²) in [5, 5.41) is 10.8. The second-order valence-electron chi connectivity index (χ2n) is 12.0. The Bertz CT molecular complexity index is 1710. The van der Waals surface area contributed by atoms with Gasteiger partial charge in [0.25, 0.3) is 0 Å². The lowest BCUT2D eigenvalue weighted by Gasteiger charge is -2.21. The van der Waals surface area contributed by atoms with Gasteiger partial charge in [0.15, 0.2) is 0 Å². The molecule has 4 aromatic heterocycles. The second-order valence-corrected chi connectivity index (χ2v) is 14.9. The minimum absolute atomic E-state index is 0.172. The SMILES string of the molecule is CC/C=C(/C=C\N(C)COC(COCC)COCn1ccc(/C=C/c2cccs2)n1)\C=C\c1cccs1.CCC(C)/C=C\C(/C=C/c1cccs1)=NC. The molecule has 2 atom stereocenters. The van der Waals surface area contributed by atoms with Crippen LogP contribution in [0.1, 0.15) is 60.9 Å². The van der Waals surface area contributed by atoms with E-state index in [-0.39, 0.29) is 6.10 Å². The Morgan fingerprint density at radius 1 is 0.849 bits per heavy atom. The smallest absolute Gasteiger partial charge is 0.139 e. The van der Waals surface area contributed by atoms with Crippen molar-refractivity contribution in [2.45, 2.75) is 53.4 Å². The Kier molecular flexibility index (Phi) is 22.0. The Hall–Kier alpha value is -3.90. The summed E-state index contributed by atoms with van der Waals surface area (Å²) in [5.41, 5.74) is 3.09. The third kappa shape index (κ3) is 19.1. The van der Waals surface area contributed by atoms with E-state index in [0.29, 0.717) is 39.2 Å². The van der Waals surface area contributed by atoms with E-state index >= 15 is 0 Å². The van der Waals surface area contributed by atoms with Gasteiger partial charge < -0.3 is 19.1 Å². The molecule has 0 saturated heterocycles. The lowest BCUT2D eigenvalue weighted by Crippen LogP contribution is -2.30. The second kappa shape index (κ2) is 26.8. The fraction of sp³-hybridized carbons (Fsp3) is 0.349. The predicted molar refractivity (Wildman–Crippen MR) is 232 cm³/mol. The van der Waals surface area contributed by atoms with E-state index in [1.165, 1.54) is 26.6 Å². The number of nitrogens with zero attached hydrogens (tertiary/aromatic N) is 4. The summed E-state index contributed by atoms with van der Waals surface area (Å²) in [6, 6.07) is 14.4. The average Bonchev–Trinajstić information content (AvgIpc) is 4.02. The predicted octanol–water partition coefficient (Wildman–Crippen LogP) is 11.5. The van der Waals surface area contributed by atoms with Gasteiger partial charge in [-0.2, -0.15) is 5.10 Å².